The maximum atomic E-state index is 13.0. The Hall–Kier alpha value is -2.18. The Kier molecular flexibility index (Phi) is 2.68. The van der Waals surface area contributed by atoms with Gasteiger partial charge in [-0.1, -0.05) is 6.07 Å². The Labute approximate surface area is 99.2 Å². The smallest absolute Gasteiger partial charge is 0.419 e. The number of hydrogen-bond acceptors (Lipinski definition) is 3. The van der Waals surface area contributed by atoms with Gasteiger partial charge in [-0.2, -0.15) is 8.78 Å². The van der Waals surface area contributed by atoms with E-state index in [1.54, 1.807) is 0 Å². The van der Waals surface area contributed by atoms with E-state index in [-0.39, 0.29) is 11.1 Å². The molecule has 0 saturated carbocycles. The number of carboxylic acids is 1. The number of hydrogen-bond donors (Lipinski definition) is 1. The van der Waals surface area contributed by atoms with E-state index in [9.17, 15) is 18.4 Å². The molecule has 0 atom stereocenters. The summed E-state index contributed by atoms with van der Waals surface area (Å²) in [5.41, 5.74) is 0.731. The Morgan fingerprint density at radius 1 is 1.50 bits per heavy atom. The van der Waals surface area contributed by atoms with Crippen LogP contribution in [-0.4, -0.2) is 21.6 Å². The van der Waals surface area contributed by atoms with Crippen LogP contribution in [0.15, 0.2) is 27.4 Å². The van der Waals surface area contributed by atoms with Crippen molar-refractivity contribution in [2.45, 2.75) is 12.3 Å². The largest absolute Gasteiger partial charge is 0.477 e. The predicted octanol–water partition coefficient (Wildman–Crippen LogP) is 1.39. The van der Waals surface area contributed by atoms with Gasteiger partial charge in [0.15, 0.2) is 5.58 Å². The van der Waals surface area contributed by atoms with E-state index in [0.29, 0.717) is 5.52 Å². The van der Waals surface area contributed by atoms with Crippen LogP contribution in [0.1, 0.15) is 5.56 Å². The molecule has 0 aliphatic rings. The molecule has 2 aromatic rings. The fraction of sp³-hybridized carbons (Fsp3) is 0.273. The highest BCUT2D eigenvalue weighted by atomic mass is 19.3. The third kappa shape index (κ3) is 1.99. The van der Waals surface area contributed by atoms with Crippen LogP contribution in [-0.2, 0) is 18.3 Å². The molecule has 1 aromatic carbocycles. The third-order valence-electron chi connectivity index (χ3n) is 2.59. The number of aromatic nitrogens is 1. The van der Waals surface area contributed by atoms with Crippen molar-refractivity contribution in [1.29, 1.82) is 0 Å². The predicted molar refractivity (Wildman–Crippen MR) is 57.7 cm³/mol. The van der Waals surface area contributed by atoms with Crippen molar-refractivity contribution in [3.63, 3.8) is 0 Å². The average molecular weight is 257 g/mol. The summed E-state index contributed by atoms with van der Waals surface area (Å²) in [5.74, 6) is -6.62. The van der Waals surface area contributed by atoms with E-state index in [2.05, 4.69) is 0 Å². The van der Waals surface area contributed by atoms with Crippen molar-refractivity contribution in [3.05, 3.63) is 34.3 Å². The molecule has 18 heavy (non-hydrogen) atoms. The van der Waals surface area contributed by atoms with Crippen LogP contribution in [0, 0.1) is 0 Å². The van der Waals surface area contributed by atoms with Crippen LogP contribution < -0.4 is 5.76 Å². The van der Waals surface area contributed by atoms with E-state index in [1.807, 2.05) is 0 Å². The second-order valence-corrected chi connectivity index (χ2v) is 3.92. The van der Waals surface area contributed by atoms with E-state index >= 15 is 0 Å². The minimum atomic E-state index is -3.84. The summed E-state index contributed by atoms with van der Waals surface area (Å²) in [6.45, 7) is 0. The normalized spacial score (nSPS) is 11.9. The molecule has 0 fully saturated rings. The van der Waals surface area contributed by atoms with Crippen LogP contribution in [0.2, 0.25) is 0 Å². The highest BCUT2D eigenvalue weighted by molar-refractivity contribution is 5.77. The summed E-state index contributed by atoms with van der Waals surface area (Å²) < 4.78 is 32.1. The van der Waals surface area contributed by atoms with Crippen LogP contribution in [0.5, 0.6) is 0 Å². The average Bonchev–Trinajstić information content (AvgIpc) is 2.55. The summed E-state index contributed by atoms with van der Waals surface area (Å²) in [6.07, 6.45) is -0.933. The first-order chi connectivity index (χ1) is 8.31. The molecule has 0 spiro atoms. The number of fused-ring (bicyclic) bond motifs is 1. The van der Waals surface area contributed by atoms with Gasteiger partial charge in [0.05, 0.1) is 5.52 Å². The fourth-order valence-electron chi connectivity index (χ4n) is 1.61. The van der Waals surface area contributed by atoms with E-state index in [1.165, 1.54) is 25.2 Å². The number of aliphatic carboxylic acids is 1. The quantitative estimate of drug-likeness (QED) is 0.901. The maximum Gasteiger partial charge on any atom is 0.419 e. The summed E-state index contributed by atoms with van der Waals surface area (Å²) in [6, 6.07) is 3.99. The summed E-state index contributed by atoms with van der Waals surface area (Å²) in [4.78, 5) is 21.5. The minimum Gasteiger partial charge on any atom is -0.477 e. The molecule has 0 unspecified atom stereocenters. The molecular formula is C11H9F2NO4. The molecule has 0 aliphatic heterocycles. The van der Waals surface area contributed by atoms with Gasteiger partial charge in [0.1, 0.15) is 0 Å². The molecule has 0 aliphatic carbocycles. The minimum absolute atomic E-state index is 0.117. The number of carbonyl (C=O) groups is 1. The van der Waals surface area contributed by atoms with Crippen molar-refractivity contribution in [2.24, 2.45) is 7.05 Å². The molecule has 96 valence electrons. The lowest BCUT2D eigenvalue weighted by Crippen LogP contribution is -2.30. The summed E-state index contributed by atoms with van der Waals surface area (Å²) in [7, 11) is 1.44. The second kappa shape index (κ2) is 3.94. The zero-order chi connectivity index (χ0) is 13.5. The van der Waals surface area contributed by atoms with Gasteiger partial charge in [-0.15, -0.1) is 0 Å². The Morgan fingerprint density at radius 3 is 2.78 bits per heavy atom. The van der Waals surface area contributed by atoms with E-state index < -0.39 is 24.1 Å². The molecule has 7 heteroatoms. The fourth-order valence-corrected chi connectivity index (χ4v) is 1.61. The Balaban J connectivity index is 2.45. The number of carboxylic acid groups (broad SMARTS) is 1. The molecule has 0 radical (unpaired) electrons. The van der Waals surface area contributed by atoms with E-state index in [4.69, 9.17) is 9.52 Å². The molecule has 1 N–H and O–H groups in total. The lowest BCUT2D eigenvalue weighted by molar-refractivity contribution is -0.164. The number of halogens is 2. The number of rotatable bonds is 3. The van der Waals surface area contributed by atoms with Crippen molar-refractivity contribution in [2.75, 3.05) is 0 Å². The van der Waals surface area contributed by atoms with Crippen molar-refractivity contribution in [1.82, 2.24) is 4.57 Å². The monoisotopic (exact) mass is 257 g/mol. The van der Waals surface area contributed by atoms with Gasteiger partial charge in [0.2, 0.25) is 0 Å². The Morgan fingerprint density at radius 2 is 2.17 bits per heavy atom. The van der Waals surface area contributed by atoms with Crippen molar-refractivity contribution < 1.29 is 23.1 Å². The van der Waals surface area contributed by atoms with Gasteiger partial charge >= 0.3 is 17.6 Å². The number of alkyl halides is 2. The third-order valence-corrected chi connectivity index (χ3v) is 2.59. The SMILES string of the molecule is Cn1c(=O)oc2ccc(CC(F)(F)C(=O)O)cc21. The topological polar surface area (TPSA) is 72.4 Å². The number of aryl methyl sites for hydroxylation is 1. The van der Waals surface area contributed by atoms with Crippen LogP contribution in [0.4, 0.5) is 8.78 Å². The molecule has 1 aromatic heterocycles. The number of benzene rings is 1. The molecule has 2 rings (SSSR count). The van der Waals surface area contributed by atoms with E-state index in [0.717, 1.165) is 4.57 Å². The van der Waals surface area contributed by atoms with Crippen LogP contribution in [0.3, 0.4) is 0 Å². The number of oxazole rings is 1. The molecule has 0 saturated heterocycles. The molecular weight excluding hydrogens is 248 g/mol. The van der Waals surface area contributed by atoms with Gasteiger partial charge < -0.3 is 9.52 Å². The standard InChI is InChI=1S/C11H9F2NO4/c1-14-7-4-6(5-11(12,13)9(15)16)2-3-8(7)18-10(14)17/h2-4H,5H2,1H3,(H,15,16). The summed E-state index contributed by atoms with van der Waals surface area (Å²) >= 11 is 0. The second-order valence-electron chi connectivity index (χ2n) is 3.92. The van der Waals surface area contributed by atoms with Gasteiger partial charge in [-0.3, -0.25) is 4.57 Å². The first-order valence-electron chi connectivity index (χ1n) is 5.01. The molecule has 1 heterocycles. The lowest BCUT2D eigenvalue weighted by atomic mass is 10.1. The maximum absolute atomic E-state index is 13.0. The molecule has 0 bridgehead atoms. The molecule has 5 nitrogen and oxygen atoms in total. The van der Waals surface area contributed by atoms with Crippen LogP contribution >= 0.6 is 0 Å². The zero-order valence-electron chi connectivity index (χ0n) is 9.31. The van der Waals surface area contributed by atoms with Gasteiger partial charge in [-0.25, -0.2) is 9.59 Å². The van der Waals surface area contributed by atoms with Crippen LogP contribution in [0.25, 0.3) is 11.1 Å². The number of nitrogens with zero attached hydrogens (tertiary/aromatic N) is 1. The van der Waals surface area contributed by atoms with Gasteiger partial charge in [0.25, 0.3) is 0 Å². The first-order valence-corrected chi connectivity index (χ1v) is 5.01. The Bertz CT molecular complexity index is 671. The van der Waals surface area contributed by atoms with Crippen molar-refractivity contribution >= 4 is 17.1 Å². The van der Waals surface area contributed by atoms with Gasteiger partial charge in [0, 0.05) is 13.5 Å². The summed E-state index contributed by atoms with van der Waals surface area (Å²) in [5, 5.41) is 8.35. The molecule has 0 amide bonds. The lowest BCUT2D eigenvalue weighted by Gasteiger charge is -2.10. The van der Waals surface area contributed by atoms with Gasteiger partial charge in [-0.05, 0) is 17.7 Å². The highest BCUT2D eigenvalue weighted by Crippen LogP contribution is 2.23. The van der Waals surface area contributed by atoms with Crippen molar-refractivity contribution in [3.8, 4) is 0 Å². The first kappa shape index (κ1) is 12.3. The zero-order valence-corrected chi connectivity index (χ0v) is 9.31. The highest BCUT2D eigenvalue weighted by Gasteiger charge is 2.38.